The second kappa shape index (κ2) is 6.15. The fourth-order valence-electron chi connectivity index (χ4n) is 2.04. The molecule has 0 amide bonds. The van der Waals surface area contributed by atoms with E-state index in [1.807, 2.05) is 12.1 Å². The van der Waals surface area contributed by atoms with Gasteiger partial charge in [-0.15, -0.1) is 0 Å². The van der Waals surface area contributed by atoms with Gasteiger partial charge in [0.15, 0.2) is 0 Å². The summed E-state index contributed by atoms with van der Waals surface area (Å²) in [5, 5.41) is 0. The van der Waals surface area contributed by atoms with E-state index in [2.05, 4.69) is 12.3 Å². The van der Waals surface area contributed by atoms with E-state index in [-0.39, 0.29) is 4.90 Å². The standard InChI is InChI=1S/C15H19N3O2S/c1-3-12-8-10-13(11-9-12)18(2)21(19,20)15-7-5-4-6-14(15)17-16/h4-11,17H,3,16H2,1-2H3. The van der Waals surface area contributed by atoms with Crippen molar-refractivity contribution in [1.29, 1.82) is 0 Å². The third kappa shape index (κ3) is 3.01. The lowest BCUT2D eigenvalue weighted by Gasteiger charge is -2.21. The summed E-state index contributed by atoms with van der Waals surface area (Å²) in [4.78, 5) is 0.148. The van der Waals surface area contributed by atoms with Crippen LogP contribution in [0.3, 0.4) is 0 Å². The number of nitrogens with two attached hydrogens (primary N) is 1. The van der Waals surface area contributed by atoms with Crippen LogP contribution in [-0.4, -0.2) is 15.5 Å². The largest absolute Gasteiger partial charge is 0.323 e. The number of aryl methyl sites for hydroxylation is 1. The van der Waals surface area contributed by atoms with E-state index < -0.39 is 10.0 Å². The lowest BCUT2D eigenvalue weighted by atomic mass is 10.1. The Morgan fingerprint density at radius 2 is 1.71 bits per heavy atom. The monoisotopic (exact) mass is 305 g/mol. The third-order valence-electron chi connectivity index (χ3n) is 3.39. The first kappa shape index (κ1) is 15.3. The number of hydrogen-bond acceptors (Lipinski definition) is 4. The Balaban J connectivity index is 2.42. The van der Waals surface area contributed by atoms with Gasteiger partial charge >= 0.3 is 0 Å². The number of sulfonamides is 1. The van der Waals surface area contributed by atoms with Crippen LogP contribution in [-0.2, 0) is 16.4 Å². The highest BCUT2D eigenvalue weighted by Gasteiger charge is 2.23. The van der Waals surface area contributed by atoms with Crippen molar-refractivity contribution in [1.82, 2.24) is 0 Å². The van der Waals surface area contributed by atoms with Crippen LogP contribution in [0, 0.1) is 0 Å². The molecule has 112 valence electrons. The Kier molecular flexibility index (Phi) is 4.50. The van der Waals surface area contributed by atoms with Crippen LogP contribution in [0.25, 0.3) is 0 Å². The second-order valence-electron chi connectivity index (χ2n) is 4.63. The normalized spacial score (nSPS) is 11.2. The number of para-hydroxylation sites is 1. The van der Waals surface area contributed by atoms with Crippen molar-refractivity contribution in [3.8, 4) is 0 Å². The van der Waals surface area contributed by atoms with E-state index in [9.17, 15) is 8.42 Å². The lowest BCUT2D eigenvalue weighted by molar-refractivity contribution is 0.594. The zero-order valence-corrected chi connectivity index (χ0v) is 12.9. The van der Waals surface area contributed by atoms with Crippen LogP contribution in [0.1, 0.15) is 12.5 Å². The molecular formula is C15H19N3O2S. The number of benzene rings is 2. The fraction of sp³-hybridized carbons (Fsp3) is 0.200. The molecule has 5 nitrogen and oxygen atoms in total. The molecule has 0 saturated carbocycles. The van der Waals surface area contributed by atoms with Gasteiger partial charge in [0.25, 0.3) is 10.0 Å². The van der Waals surface area contributed by atoms with Crippen molar-refractivity contribution in [2.75, 3.05) is 16.8 Å². The molecule has 0 aromatic heterocycles. The minimum Gasteiger partial charge on any atom is -0.323 e. The SMILES string of the molecule is CCc1ccc(N(C)S(=O)(=O)c2ccccc2NN)cc1. The van der Waals surface area contributed by atoms with Gasteiger partial charge in [0.2, 0.25) is 0 Å². The van der Waals surface area contributed by atoms with Crippen molar-refractivity contribution in [2.45, 2.75) is 18.2 Å². The second-order valence-corrected chi connectivity index (χ2v) is 6.57. The van der Waals surface area contributed by atoms with Crippen molar-refractivity contribution in [3.05, 3.63) is 54.1 Å². The van der Waals surface area contributed by atoms with Gasteiger partial charge in [-0.25, -0.2) is 8.42 Å². The summed E-state index contributed by atoms with van der Waals surface area (Å²) in [6, 6.07) is 14.0. The summed E-state index contributed by atoms with van der Waals surface area (Å²) in [5.74, 6) is 5.39. The van der Waals surface area contributed by atoms with Gasteiger partial charge in [-0.05, 0) is 36.2 Å². The van der Waals surface area contributed by atoms with Crippen LogP contribution in [0.15, 0.2) is 53.4 Å². The highest BCUT2D eigenvalue weighted by atomic mass is 32.2. The molecule has 0 aliphatic carbocycles. The van der Waals surface area contributed by atoms with Crippen molar-refractivity contribution < 1.29 is 8.42 Å². The molecule has 0 spiro atoms. The minimum absolute atomic E-state index is 0.148. The molecule has 0 atom stereocenters. The summed E-state index contributed by atoms with van der Waals surface area (Å²) in [5.41, 5.74) is 4.56. The van der Waals surface area contributed by atoms with Crippen molar-refractivity contribution in [2.24, 2.45) is 5.84 Å². The van der Waals surface area contributed by atoms with Crippen LogP contribution < -0.4 is 15.6 Å². The maximum atomic E-state index is 12.7. The summed E-state index contributed by atoms with van der Waals surface area (Å²) < 4.78 is 26.6. The van der Waals surface area contributed by atoms with E-state index in [4.69, 9.17) is 5.84 Å². The molecule has 0 aliphatic heterocycles. The molecule has 0 aliphatic rings. The predicted octanol–water partition coefficient (Wildman–Crippen LogP) is 2.36. The van der Waals surface area contributed by atoms with Crippen molar-refractivity contribution >= 4 is 21.4 Å². The highest BCUT2D eigenvalue weighted by Crippen LogP contribution is 2.27. The number of nitrogens with zero attached hydrogens (tertiary/aromatic N) is 1. The first-order valence-electron chi connectivity index (χ1n) is 6.64. The summed E-state index contributed by atoms with van der Waals surface area (Å²) >= 11 is 0. The van der Waals surface area contributed by atoms with Crippen LogP contribution in [0.4, 0.5) is 11.4 Å². The van der Waals surface area contributed by atoms with Gasteiger partial charge < -0.3 is 5.43 Å². The zero-order chi connectivity index (χ0) is 15.5. The molecule has 21 heavy (non-hydrogen) atoms. The molecular weight excluding hydrogens is 286 g/mol. The molecule has 2 rings (SSSR count). The lowest BCUT2D eigenvalue weighted by Crippen LogP contribution is -2.27. The first-order valence-corrected chi connectivity index (χ1v) is 8.08. The Morgan fingerprint density at radius 1 is 1.10 bits per heavy atom. The van der Waals surface area contributed by atoms with Gasteiger partial charge in [-0.2, -0.15) is 0 Å². The predicted molar refractivity (Wildman–Crippen MR) is 85.7 cm³/mol. The Hall–Kier alpha value is -2.05. The molecule has 0 heterocycles. The summed E-state index contributed by atoms with van der Waals surface area (Å²) in [6.07, 6.45) is 0.913. The number of anilines is 2. The summed E-state index contributed by atoms with van der Waals surface area (Å²) in [6.45, 7) is 2.05. The number of nitrogen functional groups attached to an aromatic ring is 1. The van der Waals surface area contributed by atoms with Crippen molar-refractivity contribution in [3.63, 3.8) is 0 Å². The van der Waals surface area contributed by atoms with Gasteiger partial charge in [0, 0.05) is 7.05 Å². The topological polar surface area (TPSA) is 75.4 Å². The highest BCUT2D eigenvalue weighted by molar-refractivity contribution is 7.93. The molecule has 0 fully saturated rings. The maximum Gasteiger partial charge on any atom is 0.266 e. The Morgan fingerprint density at radius 3 is 2.29 bits per heavy atom. The molecule has 0 bridgehead atoms. The fourth-order valence-corrected chi connectivity index (χ4v) is 3.39. The molecule has 0 unspecified atom stereocenters. The molecule has 3 N–H and O–H groups in total. The van der Waals surface area contributed by atoms with E-state index >= 15 is 0 Å². The Labute approximate surface area is 125 Å². The molecule has 2 aromatic carbocycles. The summed E-state index contributed by atoms with van der Waals surface area (Å²) in [7, 11) is -2.13. The average Bonchev–Trinajstić information content (AvgIpc) is 2.54. The van der Waals surface area contributed by atoms with Gasteiger partial charge in [-0.3, -0.25) is 10.1 Å². The van der Waals surface area contributed by atoms with Crippen LogP contribution >= 0.6 is 0 Å². The van der Waals surface area contributed by atoms with E-state index in [1.165, 1.54) is 17.4 Å². The van der Waals surface area contributed by atoms with Crippen LogP contribution in [0.5, 0.6) is 0 Å². The number of nitrogens with one attached hydrogen (secondary N) is 1. The minimum atomic E-state index is -3.66. The zero-order valence-electron chi connectivity index (χ0n) is 12.1. The smallest absolute Gasteiger partial charge is 0.266 e. The van der Waals surface area contributed by atoms with E-state index in [0.29, 0.717) is 11.4 Å². The number of hydrazine groups is 1. The number of hydrogen-bond donors (Lipinski definition) is 2. The molecule has 0 saturated heterocycles. The molecule has 0 radical (unpaired) electrons. The maximum absolute atomic E-state index is 12.7. The third-order valence-corrected chi connectivity index (χ3v) is 5.23. The quantitative estimate of drug-likeness (QED) is 0.657. The average molecular weight is 305 g/mol. The first-order chi connectivity index (χ1) is 10.0. The van der Waals surface area contributed by atoms with Gasteiger partial charge in [-0.1, -0.05) is 31.2 Å². The van der Waals surface area contributed by atoms with E-state index in [0.717, 1.165) is 12.0 Å². The van der Waals surface area contributed by atoms with E-state index in [1.54, 1.807) is 30.3 Å². The van der Waals surface area contributed by atoms with Gasteiger partial charge in [0.1, 0.15) is 4.90 Å². The molecule has 2 aromatic rings. The van der Waals surface area contributed by atoms with Gasteiger partial charge in [0.05, 0.1) is 11.4 Å². The van der Waals surface area contributed by atoms with Crippen LogP contribution in [0.2, 0.25) is 0 Å². The molecule has 6 heteroatoms. The Bertz CT molecular complexity index is 712. The number of rotatable bonds is 5.